The zero-order valence-corrected chi connectivity index (χ0v) is 11.2. The molecule has 3 nitrogen and oxygen atoms in total. The third kappa shape index (κ3) is 2.91. The number of hydrogen-bond donors (Lipinski definition) is 2. The van der Waals surface area contributed by atoms with Crippen molar-refractivity contribution in [1.29, 1.82) is 0 Å². The Hall–Kier alpha value is -1.35. The molecule has 98 valence electrons. The number of aryl methyl sites for hydroxylation is 1. The largest absolute Gasteiger partial charge is 0.358 e. The van der Waals surface area contributed by atoms with Gasteiger partial charge in [-0.25, -0.2) is 0 Å². The predicted molar refractivity (Wildman–Crippen MR) is 73.7 cm³/mol. The van der Waals surface area contributed by atoms with Crippen molar-refractivity contribution in [1.82, 2.24) is 10.6 Å². The summed E-state index contributed by atoms with van der Waals surface area (Å²) >= 11 is 0. The van der Waals surface area contributed by atoms with Crippen molar-refractivity contribution in [2.45, 2.75) is 38.1 Å². The molecular formula is C15H22N2O. The van der Waals surface area contributed by atoms with Gasteiger partial charge in [0.25, 0.3) is 0 Å². The van der Waals surface area contributed by atoms with Gasteiger partial charge >= 0.3 is 0 Å². The molecule has 1 aliphatic carbocycles. The molecular weight excluding hydrogens is 224 g/mol. The van der Waals surface area contributed by atoms with Crippen LogP contribution in [0.1, 0.15) is 36.8 Å². The van der Waals surface area contributed by atoms with Crippen LogP contribution < -0.4 is 10.6 Å². The maximum atomic E-state index is 11.5. The molecule has 1 aliphatic rings. The van der Waals surface area contributed by atoms with E-state index in [2.05, 4.69) is 34.9 Å². The molecule has 0 saturated carbocycles. The van der Waals surface area contributed by atoms with Crippen LogP contribution in [0.5, 0.6) is 0 Å². The Kier molecular flexibility index (Phi) is 4.37. The first-order chi connectivity index (χ1) is 8.72. The van der Waals surface area contributed by atoms with E-state index in [0.717, 1.165) is 6.54 Å². The van der Waals surface area contributed by atoms with Crippen molar-refractivity contribution in [2.75, 3.05) is 13.6 Å². The molecule has 3 heteroatoms. The van der Waals surface area contributed by atoms with E-state index in [1.54, 1.807) is 7.05 Å². The summed E-state index contributed by atoms with van der Waals surface area (Å²) in [6, 6.07) is 8.56. The van der Waals surface area contributed by atoms with Gasteiger partial charge < -0.3 is 10.6 Å². The normalized spacial score (nSPS) is 20.0. The molecule has 2 rings (SSSR count). The molecule has 0 spiro atoms. The van der Waals surface area contributed by atoms with E-state index in [1.165, 1.54) is 30.4 Å². The van der Waals surface area contributed by atoms with Crippen molar-refractivity contribution in [3.05, 3.63) is 35.4 Å². The summed E-state index contributed by atoms with van der Waals surface area (Å²) in [5, 5.41) is 6.00. The molecule has 1 amide bonds. The summed E-state index contributed by atoms with van der Waals surface area (Å²) in [5.74, 6) is 0.598. The zero-order chi connectivity index (χ0) is 13.0. The standard InChI is InChI=1S/C15H22N2O/c1-11(15(18)16-2)17-10-13-8-5-7-12-6-3-4-9-14(12)13/h3-4,6,9,11,13,17H,5,7-8,10H2,1-2H3,(H,16,18). The number of amides is 1. The van der Waals surface area contributed by atoms with Gasteiger partial charge in [-0.2, -0.15) is 0 Å². The van der Waals surface area contributed by atoms with E-state index < -0.39 is 0 Å². The molecule has 18 heavy (non-hydrogen) atoms. The zero-order valence-electron chi connectivity index (χ0n) is 11.2. The number of carbonyl (C=O) groups is 1. The van der Waals surface area contributed by atoms with Crippen molar-refractivity contribution in [2.24, 2.45) is 0 Å². The number of nitrogens with one attached hydrogen (secondary N) is 2. The third-order valence-electron chi connectivity index (χ3n) is 3.80. The molecule has 2 unspecified atom stereocenters. The van der Waals surface area contributed by atoms with E-state index in [9.17, 15) is 4.79 Å². The fraction of sp³-hybridized carbons (Fsp3) is 0.533. The predicted octanol–water partition coefficient (Wildman–Crippen LogP) is 1.83. The highest BCUT2D eigenvalue weighted by atomic mass is 16.2. The van der Waals surface area contributed by atoms with Gasteiger partial charge in [-0.1, -0.05) is 24.3 Å². The summed E-state index contributed by atoms with van der Waals surface area (Å²) in [6.07, 6.45) is 3.65. The summed E-state index contributed by atoms with van der Waals surface area (Å²) < 4.78 is 0. The Labute approximate surface area is 109 Å². The first-order valence-corrected chi connectivity index (χ1v) is 6.75. The van der Waals surface area contributed by atoms with Crippen LogP contribution in [0.4, 0.5) is 0 Å². The van der Waals surface area contributed by atoms with Gasteiger partial charge in [0.1, 0.15) is 0 Å². The highest BCUT2D eigenvalue weighted by Gasteiger charge is 2.20. The monoisotopic (exact) mass is 246 g/mol. The second-order valence-electron chi connectivity index (χ2n) is 5.03. The van der Waals surface area contributed by atoms with Gasteiger partial charge in [-0.15, -0.1) is 0 Å². The van der Waals surface area contributed by atoms with Crippen molar-refractivity contribution in [3.63, 3.8) is 0 Å². The fourth-order valence-corrected chi connectivity index (χ4v) is 2.69. The molecule has 0 saturated heterocycles. The number of likely N-dealkylation sites (N-methyl/N-ethyl adjacent to an activating group) is 1. The van der Waals surface area contributed by atoms with Crippen LogP contribution in [0.15, 0.2) is 24.3 Å². The fourth-order valence-electron chi connectivity index (χ4n) is 2.69. The maximum absolute atomic E-state index is 11.5. The van der Waals surface area contributed by atoms with Crippen LogP contribution in [0.3, 0.4) is 0 Å². The average Bonchev–Trinajstić information content (AvgIpc) is 2.43. The van der Waals surface area contributed by atoms with Gasteiger partial charge in [0.15, 0.2) is 0 Å². The van der Waals surface area contributed by atoms with Crippen LogP contribution in [0.2, 0.25) is 0 Å². The number of rotatable bonds is 4. The number of benzene rings is 1. The minimum Gasteiger partial charge on any atom is -0.358 e. The molecule has 0 aliphatic heterocycles. The second-order valence-corrected chi connectivity index (χ2v) is 5.03. The molecule has 0 bridgehead atoms. The third-order valence-corrected chi connectivity index (χ3v) is 3.80. The van der Waals surface area contributed by atoms with Gasteiger partial charge in [0.05, 0.1) is 6.04 Å². The van der Waals surface area contributed by atoms with Crippen molar-refractivity contribution >= 4 is 5.91 Å². The summed E-state index contributed by atoms with van der Waals surface area (Å²) in [4.78, 5) is 11.5. The van der Waals surface area contributed by atoms with Gasteiger partial charge in [-0.3, -0.25) is 4.79 Å². The quantitative estimate of drug-likeness (QED) is 0.851. The van der Waals surface area contributed by atoms with Crippen molar-refractivity contribution in [3.8, 4) is 0 Å². The van der Waals surface area contributed by atoms with Gasteiger partial charge in [0.2, 0.25) is 5.91 Å². The average molecular weight is 246 g/mol. The highest BCUT2D eigenvalue weighted by molar-refractivity contribution is 5.80. The van der Waals surface area contributed by atoms with Crippen molar-refractivity contribution < 1.29 is 4.79 Å². The molecule has 0 fully saturated rings. The van der Waals surface area contributed by atoms with Crippen LogP contribution in [-0.4, -0.2) is 25.5 Å². The molecule has 1 aromatic rings. The first-order valence-electron chi connectivity index (χ1n) is 6.75. The van der Waals surface area contributed by atoms with Crippen LogP contribution >= 0.6 is 0 Å². The SMILES string of the molecule is CNC(=O)C(C)NCC1CCCc2ccccc21. The van der Waals surface area contributed by atoms with Gasteiger partial charge in [-0.05, 0) is 43.2 Å². The summed E-state index contributed by atoms with van der Waals surface area (Å²) in [5.41, 5.74) is 2.93. The lowest BCUT2D eigenvalue weighted by atomic mass is 9.83. The highest BCUT2D eigenvalue weighted by Crippen LogP contribution is 2.30. The number of hydrogen-bond acceptors (Lipinski definition) is 2. The molecule has 0 aromatic heterocycles. The number of carbonyl (C=O) groups excluding carboxylic acids is 1. The van der Waals surface area contributed by atoms with E-state index in [0.29, 0.717) is 5.92 Å². The minimum absolute atomic E-state index is 0.0547. The summed E-state index contributed by atoms with van der Waals surface area (Å²) in [7, 11) is 1.68. The maximum Gasteiger partial charge on any atom is 0.236 e. The molecule has 2 N–H and O–H groups in total. The Morgan fingerprint density at radius 3 is 3.00 bits per heavy atom. The minimum atomic E-state index is -0.121. The molecule has 0 radical (unpaired) electrons. The lowest BCUT2D eigenvalue weighted by Gasteiger charge is -2.26. The Morgan fingerprint density at radius 2 is 2.22 bits per heavy atom. The molecule has 2 atom stereocenters. The second kappa shape index (κ2) is 6.01. The smallest absolute Gasteiger partial charge is 0.236 e. The Balaban J connectivity index is 1.97. The van der Waals surface area contributed by atoms with Crippen LogP contribution in [0.25, 0.3) is 0 Å². The lowest BCUT2D eigenvalue weighted by Crippen LogP contribution is -2.42. The van der Waals surface area contributed by atoms with Crippen LogP contribution in [0, 0.1) is 0 Å². The Morgan fingerprint density at radius 1 is 1.44 bits per heavy atom. The molecule has 1 aromatic carbocycles. The van der Waals surface area contributed by atoms with E-state index in [4.69, 9.17) is 0 Å². The Bertz CT molecular complexity index is 417. The van der Waals surface area contributed by atoms with E-state index in [1.807, 2.05) is 6.92 Å². The van der Waals surface area contributed by atoms with Gasteiger partial charge in [0, 0.05) is 13.6 Å². The topological polar surface area (TPSA) is 41.1 Å². The summed E-state index contributed by atoms with van der Waals surface area (Å²) in [6.45, 7) is 2.79. The van der Waals surface area contributed by atoms with E-state index >= 15 is 0 Å². The molecule has 0 heterocycles. The lowest BCUT2D eigenvalue weighted by molar-refractivity contribution is -0.122. The first kappa shape index (κ1) is 13.1. The van der Waals surface area contributed by atoms with Crippen LogP contribution in [-0.2, 0) is 11.2 Å². The van der Waals surface area contributed by atoms with E-state index in [-0.39, 0.29) is 11.9 Å². The number of fused-ring (bicyclic) bond motifs is 1.